The van der Waals surface area contributed by atoms with Gasteiger partial charge in [0, 0.05) is 19.4 Å². The molecular weight excluding hydrogens is 412 g/mol. The molecule has 0 unspecified atom stereocenters. The molecule has 0 radical (unpaired) electrons. The van der Waals surface area contributed by atoms with Gasteiger partial charge in [-0.15, -0.1) is 0 Å². The van der Waals surface area contributed by atoms with E-state index in [1.165, 1.54) is 0 Å². The van der Waals surface area contributed by atoms with Crippen LogP contribution in [0.25, 0.3) is 0 Å². The molecule has 1 rings (SSSR count). The zero-order chi connectivity index (χ0) is 23.9. The van der Waals surface area contributed by atoms with Crippen LogP contribution < -0.4 is 11.1 Å². The van der Waals surface area contributed by atoms with Gasteiger partial charge in [-0.3, -0.25) is 9.59 Å². The molecule has 32 heavy (non-hydrogen) atoms. The first-order valence-electron chi connectivity index (χ1n) is 11.5. The number of nitrogens with two attached hydrogens (primary N) is 1. The number of unbranched alkanes of at least 4 members (excludes halogenated alkanes) is 8. The number of nitrogens with one attached hydrogen (secondary N) is 1. The van der Waals surface area contributed by atoms with E-state index in [0.717, 1.165) is 76.3 Å². The highest BCUT2D eigenvalue weighted by Crippen LogP contribution is 2.05. The second kappa shape index (κ2) is 21.6. The van der Waals surface area contributed by atoms with Crippen molar-refractivity contribution in [3.8, 4) is 0 Å². The van der Waals surface area contributed by atoms with Crippen LogP contribution >= 0.6 is 0 Å². The van der Waals surface area contributed by atoms with E-state index in [9.17, 15) is 14.4 Å². The van der Waals surface area contributed by atoms with Gasteiger partial charge in [-0.2, -0.15) is 0 Å². The van der Waals surface area contributed by atoms with Crippen molar-refractivity contribution in [1.29, 1.82) is 0 Å². The number of rotatable bonds is 17. The number of carbonyl (C=O) groups excluding carboxylic acids is 1. The van der Waals surface area contributed by atoms with Crippen molar-refractivity contribution < 1.29 is 29.3 Å². The third-order valence-corrected chi connectivity index (χ3v) is 4.64. The van der Waals surface area contributed by atoms with Gasteiger partial charge in [0.25, 0.3) is 0 Å². The first-order chi connectivity index (χ1) is 15.5. The number of hydrogen-bond donors (Lipinski definition) is 4. The minimum Gasteiger partial charge on any atom is -0.481 e. The Hall–Kier alpha value is -2.61. The van der Waals surface area contributed by atoms with Crippen molar-refractivity contribution in [2.45, 2.75) is 83.7 Å². The average molecular weight is 453 g/mol. The molecule has 0 aliphatic carbocycles. The van der Waals surface area contributed by atoms with E-state index >= 15 is 0 Å². The maximum Gasteiger partial charge on any atom is 0.407 e. The van der Waals surface area contributed by atoms with E-state index in [4.69, 9.17) is 20.7 Å². The second-order valence-electron chi connectivity index (χ2n) is 7.60. The van der Waals surface area contributed by atoms with E-state index < -0.39 is 18.0 Å². The van der Waals surface area contributed by atoms with Crippen molar-refractivity contribution >= 4 is 18.0 Å². The van der Waals surface area contributed by atoms with Crippen molar-refractivity contribution in [3.63, 3.8) is 0 Å². The summed E-state index contributed by atoms with van der Waals surface area (Å²) < 4.78 is 5.08. The van der Waals surface area contributed by atoms with Crippen molar-refractivity contribution in [1.82, 2.24) is 5.32 Å². The number of carboxylic acid groups (broad SMARTS) is 2. The van der Waals surface area contributed by atoms with Gasteiger partial charge in [0.05, 0.1) is 0 Å². The van der Waals surface area contributed by atoms with Gasteiger partial charge in [0.1, 0.15) is 6.61 Å². The van der Waals surface area contributed by atoms with Crippen LogP contribution in [0.3, 0.4) is 0 Å². The maximum atomic E-state index is 11.4. The molecule has 0 spiro atoms. The lowest BCUT2D eigenvalue weighted by molar-refractivity contribution is -0.138. The standard InChI is InChI=1S/C16H23NO4.C8H17NO2/c18-15(19)11-7-2-1-3-8-12-17-16(20)21-13-14-9-5-4-6-10-14;9-7-5-3-1-2-4-6-8(10)11/h4-6,9-10H,1-3,7-8,11-13H2,(H,17,20)(H,18,19);1-7,9H2,(H,10,11). The summed E-state index contributed by atoms with van der Waals surface area (Å²) in [6.07, 6.45) is 9.80. The molecule has 0 aliphatic rings. The molecule has 8 nitrogen and oxygen atoms in total. The summed E-state index contributed by atoms with van der Waals surface area (Å²) in [5, 5.41) is 19.5. The van der Waals surface area contributed by atoms with Crippen LogP contribution in [0.2, 0.25) is 0 Å². The first-order valence-corrected chi connectivity index (χ1v) is 11.5. The summed E-state index contributed by atoms with van der Waals surface area (Å²) in [6, 6.07) is 9.54. The molecule has 0 fully saturated rings. The number of carbonyl (C=O) groups is 3. The van der Waals surface area contributed by atoms with Gasteiger partial charge in [0.15, 0.2) is 0 Å². The smallest absolute Gasteiger partial charge is 0.407 e. The molecule has 0 aromatic heterocycles. The quantitative estimate of drug-likeness (QED) is 0.251. The Balaban J connectivity index is 0.000000739. The average Bonchev–Trinajstić information content (AvgIpc) is 2.77. The van der Waals surface area contributed by atoms with E-state index in [1.807, 2.05) is 30.3 Å². The Morgan fingerprint density at radius 2 is 1.25 bits per heavy atom. The summed E-state index contributed by atoms with van der Waals surface area (Å²) >= 11 is 0. The number of carboxylic acids is 2. The topological polar surface area (TPSA) is 139 Å². The largest absolute Gasteiger partial charge is 0.481 e. The maximum absolute atomic E-state index is 11.4. The summed E-state index contributed by atoms with van der Waals surface area (Å²) in [6.45, 7) is 1.62. The zero-order valence-corrected chi connectivity index (χ0v) is 19.1. The van der Waals surface area contributed by atoms with E-state index in [0.29, 0.717) is 13.0 Å². The number of benzene rings is 1. The normalized spacial score (nSPS) is 10.0. The molecule has 0 aliphatic heterocycles. The molecule has 1 aromatic rings. The molecule has 5 N–H and O–H groups in total. The summed E-state index contributed by atoms with van der Waals surface area (Å²) in [5.41, 5.74) is 6.26. The highest BCUT2D eigenvalue weighted by Gasteiger charge is 2.02. The second-order valence-corrected chi connectivity index (χ2v) is 7.60. The zero-order valence-electron chi connectivity index (χ0n) is 19.1. The minimum absolute atomic E-state index is 0.240. The Labute approximate surface area is 191 Å². The minimum atomic E-state index is -0.738. The van der Waals surface area contributed by atoms with Gasteiger partial charge in [-0.25, -0.2) is 4.79 Å². The van der Waals surface area contributed by atoms with Crippen LogP contribution in [0.4, 0.5) is 4.79 Å². The predicted octanol–water partition coefficient (Wildman–Crippen LogP) is 4.71. The molecule has 8 heteroatoms. The van der Waals surface area contributed by atoms with Gasteiger partial charge in [-0.05, 0) is 37.8 Å². The van der Waals surface area contributed by atoms with Crippen LogP contribution in [0.1, 0.15) is 82.6 Å². The van der Waals surface area contributed by atoms with Gasteiger partial charge < -0.3 is 26.0 Å². The molecule has 0 bridgehead atoms. The summed E-state index contributed by atoms with van der Waals surface area (Å²) in [4.78, 5) is 31.8. The Bertz CT molecular complexity index is 610. The Kier molecular flexibility index (Phi) is 19.9. The first kappa shape index (κ1) is 29.4. The number of aliphatic carboxylic acids is 2. The fraction of sp³-hybridized carbons (Fsp3) is 0.625. The predicted molar refractivity (Wildman–Crippen MR) is 124 cm³/mol. The number of hydrogen-bond acceptors (Lipinski definition) is 5. The molecule has 182 valence electrons. The molecule has 1 aromatic carbocycles. The molecule has 1 amide bonds. The number of alkyl carbamates (subject to hydrolysis) is 1. The van der Waals surface area contributed by atoms with Crippen LogP contribution in [0.15, 0.2) is 30.3 Å². The number of ether oxygens (including phenoxy) is 1. The highest BCUT2D eigenvalue weighted by atomic mass is 16.5. The fourth-order valence-corrected chi connectivity index (χ4v) is 2.85. The van der Waals surface area contributed by atoms with Crippen molar-refractivity contribution in [2.75, 3.05) is 13.1 Å². The highest BCUT2D eigenvalue weighted by molar-refractivity contribution is 5.67. The van der Waals surface area contributed by atoms with Crippen LogP contribution in [0, 0.1) is 0 Å². The van der Waals surface area contributed by atoms with Gasteiger partial charge >= 0.3 is 18.0 Å². The van der Waals surface area contributed by atoms with Gasteiger partial charge in [0.2, 0.25) is 0 Å². The van der Waals surface area contributed by atoms with Crippen LogP contribution in [0.5, 0.6) is 0 Å². The third-order valence-electron chi connectivity index (χ3n) is 4.64. The molecule has 0 heterocycles. The summed E-state index contributed by atoms with van der Waals surface area (Å²) in [5.74, 6) is -1.43. The molecule has 0 saturated heterocycles. The van der Waals surface area contributed by atoms with E-state index in [1.54, 1.807) is 0 Å². The molecule has 0 atom stereocenters. The third kappa shape index (κ3) is 22.1. The molecular formula is C24H40N2O6. The lowest BCUT2D eigenvalue weighted by Crippen LogP contribution is -2.25. The van der Waals surface area contributed by atoms with Crippen molar-refractivity contribution in [2.24, 2.45) is 5.73 Å². The van der Waals surface area contributed by atoms with Crippen LogP contribution in [-0.4, -0.2) is 41.3 Å². The monoisotopic (exact) mass is 452 g/mol. The van der Waals surface area contributed by atoms with E-state index in [-0.39, 0.29) is 13.0 Å². The number of amides is 1. The van der Waals surface area contributed by atoms with E-state index in [2.05, 4.69) is 5.32 Å². The fourth-order valence-electron chi connectivity index (χ4n) is 2.85. The lowest BCUT2D eigenvalue weighted by atomic mass is 10.1. The SMILES string of the molecule is NCCCCCCCC(=O)O.O=C(O)CCCCCCCNC(=O)OCc1ccccc1. The van der Waals surface area contributed by atoms with Crippen molar-refractivity contribution in [3.05, 3.63) is 35.9 Å². The van der Waals surface area contributed by atoms with Crippen LogP contribution in [-0.2, 0) is 20.9 Å². The lowest BCUT2D eigenvalue weighted by Gasteiger charge is -2.07. The summed E-state index contributed by atoms with van der Waals surface area (Å²) in [7, 11) is 0. The molecule has 0 saturated carbocycles. The Morgan fingerprint density at radius 3 is 1.78 bits per heavy atom. The van der Waals surface area contributed by atoms with Gasteiger partial charge in [-0.1, -0.05) is 68.9 Å². The Morgan fingerprint density at radius 1 is 0.750 bits per heavy atom.